The second kappa shape index (κ2) is 5.95. The highest BCUT2D eigenvalue weighted by atomic mass is 15.1. The molecular weight excluding hydrogens is 208 g/mol. The first-order chi connectivity index (χ1) is 8.25. The molecule has 17 heavy (non-hydrogen) atoms. The molecule has 1 aliphatic rings. The quantitative estimate of drug-likeness (QED) is 0.850. The first kappa shape index (κ1) is 12.3. The molecule has 0 bridgehead atoms. The molecule has 2 nitrogen and oxygen atoms in total. The predicted molar refractivity (Wildman–Crippen MR) is 75.8 cm³/mol. The van der Waals surface area contributed by atoms with Crippen LogP contribution in [0.2, 0.25) is 0 Å². The van der Waals surface area contributed by atoms with Crippen LogP contribution < -0.4 is 10.2 Å². The van der Waals surface area contributed by atoms with Crippen molar-refractivity contribution in [3.05, 3.63) is 24.3 Å². The molecule has 0 atom stereocenters. The first-order valence-electron chi connectivity index (χ1n) is 6.77. The van der Waals surface area contributed by atoms with Gasteiger partial charge in [-0.3, -0.25) is 0 Å². The summed E-state index contributed by atoms with van der Waals surface area (Å²) in [6.45, 7) is 1.14. The van der Waals surface area contributed by atoms with Crippen molar-refractivity contribution in [2.45, 2.75) is 32.1 Å². The van der Waals surface area contributed by atoms with E-state index in [-0.39, 0.29) is 0 Å². The van der Waals surface area contributed by atoms with Gasteiger partial charge in [-0.2, -0.15) is 0 Å². The third-order valence-electron chi connectivity index (χ3n) is 3.68. The van der Waals surface area contributed by atoms with Gasteiger partial charge >= 0.3 is 0 Å². The molecular formula is C15H24N2. The van der Waals surface area contributed by atoms with Gasteiger partial charge in [0.15, 0.2) is 0 Å². The summed E-state index contributed by atoms with van der Waals surface area (Å²) in [5.74, 6) is 0.881. The summed E-state index contributed by atoms with van der Waals surface area (Å²) in [5, 5.41) is 3.58. The molecule has 0 saturated heterocycles. The van der Waals surface area contributed by atoms with Crippen molar-refractivity contribution >= 4 is 11.4 Å². The average Bonchev–Trinajstić information content (AvgIpc) is 2.38. The van der Waals surface area contributed by atoms with Crippen LogP contribution in [-0.4, -0.2) is 20.6 Å². The zero-order chi connectivity index (χ0) is 12.1. The molecule has 0 heterocycles. The molecule has 2 heteroatoms. The summed E-state index contributed by atoms with van der Waals surface area (Å²) in [5.41, 5.74) is 2.51. The fourth-order valence-electron chi connectivity index (χ4n) is 2.55. The second-order valence-corrected chi connectivity index (χ2v) is 5.33. The third-order valence-corrected chi connectivity index (χ3v) is 3.68. The Bertz CT molecular complexity index is 341. The normalized spacial score (nSPS) is 16.8. The Hall–Kier alpha value is -1.18. The van der Waals surface area contributed by atoms with Crippen LogP contribution in [0.1, 0.15) is 32.1 Å². The van der Waals surface area contributed by atoms with Crippen molar-refractivity contribution in [2.75, 3.05) is 30.9 Å². The molecule has 94 valence electrons. The smallest absolute Gasteiger partial charge is 0.0381 e. The third kappa shape index (κ3) is 3.65. The predicted octanol–water partition coefficient (Wildman–Crippen LogP) is 3.74. The van der Waals surface area contributed by atoms with Crippen LogP contribution in [0.4, 0.5) is 11.4 Å². The summed E-state index contributed by atoms with van der Waals surface area (Å²) in [6.07, 6.45) is 7.08. The number of nitrogens with one attached hydrogen (secondary N) is 1. The van der Waals surface area contributed by atoms with Crippen LogP contribution in [-0.2, 0) is 0 Å². The Balaban J connectivity index is 1.87. The van der Waals surface area contributed by atoms with Crippen LogP contribution in [0.15, 0.2) is 24.3 Å². The molecule has 1 aliphatic carbocycles. The maximum absolute atomic E-state index is 3.58. The van der Waals surface area contributed by atoms with Crippen LogP contribution in [0.25, 0.3) is 0 Å². The van der Waals surface area contributed by atoms with Gasteiger partial charge in [-0.15, -0.1) is 0 Å². The Morgan fingerprint density at radius 3 is 2.65 bits per heavy atom. The second-order valence-electron chi connectivity index (χ2n) is 5.33. The molecule has 0 radical (unpaired) electrons. The van der Waals surface area contributed by atoms with Crippen molar-refractivity contribution in [3.63, 3.8) is 0 Å². The number of hydrogen-bond donors (Lipinski definition) is 1. The summed E-state index contributed by atoms with van der Waals surface area (Å²) in [6, 6.07) is 8.66. The minimum atomic E-state index is 0.881. The number of rotatable bonds is 4. The van der Waals surface area contributed by atoms with Crippen molar-refractivity contribution in [1.29, 1.82) is 0 Å². The van der Waals surface area contributed by atoms with Gasteiger partial charge in [0.05, 0.1) is 0 Å². The van der Waals surface area contributed by atoms with E-state index in [0.717, 1.165) is 12.5 Å². The van der Waals surface area contributed by atoms with Gasteiger partial charge in [-0.1, -0.05) is 25.3 Å². The van der Waals surface area contributed by atoms with Gasteiger partial charge in [0.25, 0.3) is 0 Å². The maximum Gasteiger partial charge on any atom is 0.0381 e. The van der Waals surface area contributed by atoms with E-state index in [1.54, 1.807) is 0 Å². The van der Waals surface area contributed by atoms with E-state index in [2.05, 4.69) is 48.6 Å². The molecule has 0 unspecified atom stereocenters. The van der Waals surface area contributed by atoms with Crippen LogP contribution in [0, 0.1) is 5.92 Å². The van der Waals surface area contributed by atoms with Gasteiger partial charge in [-0.05, 0) is 37.0 Å². The lowest BCUT2D eigenvalue weighted by atomic mass is 9.89. The highest BCUT2D eigenvalue weighted by Gasteiger charge is 2.12. The van der Waals surface area contributed by atoms with Gasteiger partial charge in [0, 0.05) is 32.0 Å². The molecule has 1 aromatic rings. The zero-order valence-corrected chi connectivity index (χ0v) is 11.1. The van der Waals surface area contributed by atoms with Crippen LogP contribution >= 0.6 is 0 Å². The Morgan fingerprint density at radius 1 is 1.18 bits per heavy atom. The fourth-order valence-corrected chi connectivity index (χ4v) is 2.55. The summed E-state index contributed by atoms with van der Waals surface area (Å²) < 4.78 is 0. The molecule has 1 aromatic carbocycles. The van der Waals surface area contributed by atoms with Crippen molar-refractivity contribution < 1.29 is 0 Å². The number of anilines is 2. The lowest BCUT2D eigenvalue weighted by Crippen LogP contribution is -2.17. The fraction of sp³-hybridized carbons (Fsp3) is 0.600. The first-order valence-corrected chi connectivity index (χ1v) is 6.77. The number of nitrogens with zero attached hydrogens (tertiary/aromatic N) is 1. The lowest BCUT2D eigenvalue weighted by molar-refractivity contribution is 0.373. The minimum absolute atomic E-state index is 0.881. The highest BCUT2D eigenvalue weighted by Crippen LogP contribution is 2.24. The zero-order valence-electron chi connectivity index (χ0n) is 11.1. The van der Waals surface area contributed by atoms with Gasteiger partial charge in [-0.25, -0.2) is 0 Å². The molecule has 1 saturated carbocycles. The largest absolute Gasteiger partial charge is 0.385 e. The van der Waals surface area contributed by atoms with Crippen LogP contribution in [0.3, 0.4) is 0 Å². The SMILES string of the molecule is CN(C)c1cccc(NCC2CCCCC2)c1. The van der Waals surface area contributed by atoms with Crippen molar-refractivity contribution in [3.8, 4) is 0 Å². The summed E-state index contributed by atoms with van der Waals surface area (Å²) in [4.78, 5) is 2.14. The van der Waals surface area contributed by atoms with E-state index in [0.29, 0.717) is 0 Å². The van der Waals surface area contributed by atoms with Crippen molar-refractivity contribution in [1.82, 2.24) is 0 Å². The molecule has 0 aliphatic heterocycles. The monoisotopic (exact) mass is 232 g/mol. The molecule has 2 rings (SSSR count). The Morgan fingerprint density at radius 2 is 1.94 bits per heavy atom. The van der Waals surface area contributed by atoms with Gasteiger partial charge in [0.2, 0.25) is 0 Å². The minimum Gasteiger partial charge on any atom is -0.385 e. The molecule has 1 N–H and O–H groups in total. The molecule has 1 fully saturated rings. The molecule has 0 aromatic heterocycles. The van der Waals surface area contributed by atoms with Gasteiger partial charge in [0.1, 0.15) is 0 Å². The van der Waals surface area contributed by atoms with Gasteiger partial charge < -0.3 is 10.2 Å². The summed E-state index contributed by atoms with van der Waals surface area (Å²) in [7, 11) is 4.17. The van der Waals surface area contributed by atoms with Crippen molar-refractivity contribution in [2.24, 2.45) is 5.92 Å². The van der Waals surface area contributed by atoms with E-state index in [4.69, 9.17) is 0 Å². The lowest BCUT2D eigenvalue weighted by Gasteiger charge is -2.22. The topological polar surface area (TPSA) is 15.3 Å². The Labute approximate surface area is 105 Å². The number of benzene rings is 1. The Kier molecular flexibility index (Phi) is 4.29. The standard InChI is InChI=1S/C15H24N2/c1-17(2)15-10-6-9-14(11-15)16-12-13-7-4-3-5-8-13/h6,9-11,13,16H,3-5,7-8,12H2,1-2H3. The highest BCUT2D eigenvalue weighted by molar-refractivity contribution is 5.57. The van der Waals surface area contributed by atoms with E-state index in [1.807, 2.05) is 0 Å². The summed E-state index contributed by atoms with van der Waals surface area (Å²) >= 11 is 0. The van der Waals surface area contributed by atoms with Crippen LogP contribution in [0.5, 0.6) is 0 Å². The number of hydrogen-bond acceptors (Lipinski definition) is 2. The van der Waals surface area contributed by atoms with E-state index >= 15 is 0 Å². The maximum atomic E-state index is 3.58. The van der Waals surface area contributed by atoms with E-state index in [9.17, 15) is 0 Å². The van der Waals surface area contributed by atoms with E-state index in [1.165, 1.54) is 43.5 Å². The van der Waals surface area contributed by atoms with E-state index < -0.39 is 0 Å². The molecule has 0 spiro atoms. The average molecular weight is 232 g/mol. The molecule has 0 amide bonds.